The monoisotopic (exact) mass is 234 g/mol. The van der Waals surface area contributed by atoms with Gasteiger partial charge in [0.25, 0.3) is 0 Å². The number of methoxy groups -OCH3 is 2. The number of carbonyl (C=O) groups excluding carboxylic acids is 1. The second-order valence-electron chi connectivity index (χ2n) is 3.35. The van der Waals surface area contributed by atoms with E-state index in [1.165, 1.54) is 20.3 Å². The fourth-order valence-corrected chi connectivity index (χ4v) is 1.54. The first-order valence-electron chi connectivity index (χ1n) is 4.84. The molecule has 0 saturated carbocycles. The van der Waals surface area contributed by atoms with Crippen molar-refractivity contribution in [1.82, 2.24) is 0 Å². The summed E-state index contributed by atoms with van der Waals surface area (Å²) >= 11 is 0. The molecule has 0 N–H and O–H groups in total. The number of fused-ring (bicyclic) bond motifs is 1. The van der Waals surface area contributed by atoms with Gasteiger partial charge in [-0.25, -0.2) is 4.79 Å². The molecule has 0 unspecified atom stereocenters. The number of ether oxygens (including phenoxy) is 2. The van der Waals surface area contributed by atoms with E-state index < -0.39 is 5.63 Å². The molecule has 0 amide bonds. The number of hydrogen-bond acceptors (Lipinski definition) is 5. The lowest BCUT2D eigenvalue weighted by molar-refractivity contribution is 0.112. The molecular weight excluding hydrogens is 224 g/mol. The van der Waals surface area contributed by atoms with Gasteiger partial charge in [0, 0.05) is 11.5 Å². The Bertz CT molecular complexity index is 627. The van der Waals surface area contributed by atoms with Gasteiger partial charge < -0.3 is 13.9 Å². The van der Waals surface area contributed by atoms with Crippen molar-refractivity contribution in [2.45, 2.75) is 0 Å². The zero-order valence-corrected chi connectivity index (χ0v) is 9.35. The predicted octanol–water partition coefficient (Wildman–Crippen LogP) is 1.62. The maximum atomic E-state index is 11.3. The van der Waals surface area contributed by atoms with Crippen LogP contribution in [-0.4, -0.2) is 20.5 Å². The van der Waals surface area contributed by atoms with Gasteiger partial charge in [-0.1, -0.05) is 0 Å². The van der Waals surface area contributed by atoms with Crippen molar-refractivity contribution in [1.29, 1.82) is 0 Å². The number of carbonyl (C=O) groups is 1. The zero-order valence-electron chi connectivity index (χ0n) is 9.35. The highest BCUT2D eigenvalue weighted by molar-refractivity contribution is 5.86. The molecule has 2 rings (SSSR count). The van der Waals surface area contributed by atoms with Crippen LogP contribution >= 0.6 is 0 Å². The molecule has 1 heterocycles. The average Bonchev–Trinajstić information content (AvgIpc) is 2.36. The van der Waals surface area contributed by atoms with E-state index in [4.69, 9.17) is 13.9 Å². The zero-order chi connectivity index (χ0) is 12.4. The Kier molecular flexibility index (Phi) is 2.82. The maximum absolute atomic E-state index is 11.3. The van der Waals surface area contributed by atoms with Crippen LogP contribution in [0, 0.1) is 0 Å². The summed E-state index contributed by atoms with van der Waals surface area (Å²) in [6.45, 7) is 0. The smallest absolute Gasteiger partial charge is 0.346 e. The van der Waals surface area contributed by atoms with Crippen LogP contribution in [0.15, 0.2) is 27.4 Å². The van der Waals surface area contributed by atoms with Crippen LogP contribution in [-0.2, 0) is 0 Å². The molecule has 5 heteroatoms. The van der Waals surface area contributed by atoms with Crippen LogP contribution < -0.4 is 15.1 Å². The first kappa shape index (κ1) is 11.2. The minimum atomic E-state index is -0.667. The molecule has 0 saturated heterocycles. The number of rotatable bonds is 3. The third kappa shape index (κ3) is 1.87. The maximum Gasteiger partial charge on any atom is 0.346 e. The van der Waals surface area contributed by atoms with Gasteiger partial charge >= 0.3 is 5.63 Å². The van der Waals surface area contributed by atoms with Crippen LogP contribution in [0.5, 0.6) is 11.5 Å². The summed E-state index contributed by atoms with van der Waals surface area (Å²) in [4.78, 5) is 22.0. The van der Waals surface area contributed by atoms with Crippen molar-refractivity contribution in [2.24, 2.45) is 0 Å². The van der Waals surface area contributed by atoms with Gasteiger partial charge in [-0.15, -0.1) is 0 Å². The van der Waals surface area contributed by atoms with Crippen molar-refractivity contribution >= 4 is 17.3 Å². The van der Waals surface area contributed by atoms with E-state index in [2.05, 4.69) is 0 Å². The van der Waals surface area contributed by atoms with Crippen LogP contribution in [0.4, 0.5) is 0 Å². The van der Waals surface area contributed by atoms with Gasteiger partial charge in [0.15, 0.2) is 17.8 Å². The first-order chi connectivity index (χ1) is 8.19. The highest BCUT2D eigenvalue weighted by Crippen LogP contribution is 2.31. The Hall–Kier alpha value is -2.30. The van der Waals surface area contributed by atoms with Gasteiger partial charge in [-0.2, -0.15) is 0 Å². The van der Waals surface area contributed by atoms with Crippen molar-refractivity contribution < 1.29 is 18.7 Å². The summed E-state index contributed by atoms with van der Waals surface area (Å²) < 4.78 is 15.2. The van der Waals surface area contributed by atoms with Crippen molar-refractivity contribution in [3.05, 3.63) is 34.2 Å². The molecule has 0 bridgehead atoms. The van der Waals surface area contributed by atoms with E-state index >= 15 is 0 Å². The predicted molar refractivity (Wildman–Crippen MR) is 61.0 cm³/mol. The highest BCUT2D eigenvalue weighted by atomic mass is 16.5. The minimum Gasteiger partial charge on any atom is -0.493 e. The largest absolute Gasteiger partial charge is 0.493 e. The number of aldehydes is 1. The van der Waals surface area contributed by atoms with Gasteiger partial charge in [-0.05, 0) is 12.1 Å². The third-order valence-corrected chi connectivity index (χ3v) is 2.39. The van der Waals surface area contributed by atoms with Crippen molar-refractivity contribution in [3.63, 3.8) is 0 Å². The molecule has 0 atom stereocenters. The fourth-order valence-electron chi connectivity index (χ4n) is 1.54. The number of benzene rings is 1. The molecule has 1 aromatic heterocycles. The van der Waals surface area contributed by atoms with Gasteiger partial charge in [0.05, 0.1) is 14.2 Å². The Morgan fingerprint density at radius 1 is 1.12 bits per heavy atom. The molecule has 1 aromatic carbocycles. The topological polar surface area (TPSA) is 65.7 Å². The molecular formula is C12H10O5. The second-order valence-corrected chi connectivity index (χ2v) is 3.35. The lowest BCUT2D eigenvalue weighted by Gasteiger charge is -2.08. The summed E-state index contributed by atoms with van der Waals surface area (Å²) in [6, 6.07) is 4.64. The molecule has 0 spiro atoms. The summed E-state index contributed by atoms with van der Waals surface area (Å²) in [5.74, 6) is 0.965. The first-order valence-corrected chi connectivity index (χ1v) is 4.84. The van der Waals surface area contributed by atoms with E-state index in [0.29, 0.717) is 28.8 Å². The van der Waals surface area contributed by atoms with E-state index in [9.17, 15) is 9.59 Å². The lowest BCUT2D eigenvalue weighted by Crippen LogP contribution is -2.05. The summed E-state index contributed by atoms with van der Waals surface area (Å²) in [7, 11) is 2.99. The molecule has 2 aromatic rings. The van der Waals surface area contributed by atoms with Crippen molar-refractivity contribution in [3.8, 4) is 11.5 Å². The molecule has 0 aliphatic carbocycles. The molecule has 0 aliphatic rings. The van der Waals surface area contributed by atoms with Crippen LogP contribution in [0.25, 0.3) is 11.0 Å². The van der Waals surface area contributed by atoms with Crippen molar-refractivity contribution in [2.75, 3.05) is 14.2 Å². The van der Waals surface area contributed by atoms with Gasteiger partial charge in [-0.3, -0.25) is 4.79 Å². The quantitative estimate of drug-likeness (QED) is 0.596. The molecule has 0 aliphatic heterocycles. The Balaban J connectivity index is 2.78. The molecule has 88 valence electrons. The standard InChI is InChI=1S/C12H10O5/c1-15-10-4-7-3-8(6-13)12(14)17-9(7)5-11(10)16-2/h3-6H,1-2H3. The van der Waals surface area contributed by atoms with Crippen LogP contribution in [0.3, 0.4) is 0 Å². The third-order valence-electron chi connectivity index (χ3n) is 2.39. The van der Waals surface area contributed by atoms with E-state index in [1.54, 1.807) is 12.1 Å². The highest BCUT2D eigenvalue weighted by Gasteiger charge is 2.10. The summed E-state index contributed by atoms with van der Waals surface area (Å²) in [5.41, 5.74) is -0.345. The lowest BCUT2D eigenvalue weighted by atomic mass is 10.2. The second kappa shape index (κ2) is 4.29. The Morgan fingerprint density at radius 3 is 2.35 bits per heavy atom. The molecule has 0 fully saturated rings. The SMILES string of the molecule is COc1cc2cc(C=O)c(=O)oc2cc1OC. The van der Waals surface area contributed by atoms with Gasteiger partial charge in [0.2, 0.25) is 0 Å². The van der Waals surface area contributed by atoms with Crippen LogP contribution in [0.2, 0.25) is 0 Å². The van der Waals surface area contributed by atoms with E-state index in [0.717, 1.165) is 0 Å². The Labute approximate surface area is 96.6 Å². The average molecular weight is 234 g/mol. The molecule has 5 nitrogen and oxygen atoms in total. The van der Waals surface area contributed by atoms with E-state index in [-0.39, 0.29) is 5.56 Å². The van der Waals surface area contributed by atoms with Gasteiger partial charge in [0.1, 0.15) is 11.1 Å². The Morgan fingerprint density at radius 2 is 1.76 bits per heavy atom. The minimum absolute atomic E-state index is 0.0234. The molecule has 17 heavy (non-hydrogen) atoms. The van der Waals surface area contributed by atoms with E-state index in [1.807, 2.05) is 0 Å². The summed E-state index contributed by atoms with van der Waals surface area (Å²) in [6.07, 6.45) is 0.460. The molecule has 0 radical (unpaired) electrons. The normalized spacial score (nSPS) is 10.2. The fraction of sp³-hybridized carbons (Fsp3) is 0.167. The number of hydrogen-bond donors (Lipinski definition) is 0. The van der Waals surface area contributed by atoms with Crippen LogP contribution in [0.1, 0.15) is 10.4 Å². The summed E-state index contributed by atoms with van der Waals surface area (Å²) in [5, 5.41) is 0.601.